The summed E-state index contributed by atoms with van der Waals surface area (Å²) in [5.74, 6) is 1.38. The SMILES string of the molecule is Cc1nc(SCC(=O)N2CCC(=O)CC2)oc1C. The van der Waals surface area contributed by atoms with Crippen molar-refractivity contribution in [3.63, 3.8) is 0 Å². The molecule has 0 bridgehead atoms. The fourth-order valence-corrected chi connectivity index (χ4v) is 2.54. The van der Waals surface area contributed by atoms with Crippen molar-refractivity contribution in [3.05, 3.63) is 11.5 Å². The van der Waals surface area contributed by atoms with Gasteiger partial charge in [0, 0.05) is 25.9 Å². The maximum atomic E-state index is 11.9. The largest absolute Gasteiger partial charge is 0.437 e. The van der Waals surface area contributed by atoms with Crippen LogP contribution in [0.1, 0.15) is 24.3 Å². The van der Waals surface area contributed by atoms with Crippen molar-refractivity contribution in [1.82, 2.24) is 9.88 Å². The number of Topliss-reactive ketones (excluding diaryl/α,β-unsaturated/α-hetero) is 1. The molecular formula is C12H16N2O3S. The monoisotopic (exact) mass is 268 g/mol. The van der Waals surface area contributed by atoms with Gasteiger partial charge >= 0.3 is 0 Å². The summed E-state index contributed by atoms with van der Waals surface area (Å²) < 4.78 is 5.40. The van der Waals surface area contributed by atoms with E-state index >= 15 is 0 Å². The zero-order valence-corrected chi connectivity index (χ0v) is 11.4. The molecule has 18 heavy (non-hydrogen) atoms. The molecule has 0 radical (unpaired) electrons. The zero-order valence-electron chi connectivity index (χ0n) is 10.6. The van der Waals surface area contributed by atoms with Crippen LogP contribution < -0.4 is 0 Å². The molecule has 98 valence electrons. The molecule has 2 heterocycles. The number of thioether (sulfide) groups is 1. The van der Waals surface area contributed by atoms with Crippen LogP contribution in [0.5, 0.6) is 0 Å². The summed E-state index contributed by atoms with van der Waals surface area (Å²) in [6.07, 6.45) is 0.960. The number of likely N-dealkylation sites (tertiary alicyclic amines) is 1. The number of amides is 1. The summed E-state index contributed by atoms with van der Waals surface area (Å²) in [5, 5.41) is 0.534. The highest BCUT2D eigenvalue weighted by molar-refractivity contribution is 7.99. The highest BCUT2D eigenvalue weighted by atomic mass is 32.2. The van der Waals surface area contributed by atoms with Crippen molar-refractivity contribution in [1.29, 1.82) is 0 Å². The number of ketones is 1. The number of piperidine rings is 1. The lowest BCUT2D eigenvalue weighted by atomic mass is 10.1. The molecule has 1 aromatic heterocycles. The van der Waals surface area contributed by atoms with Crippen molar-refractivity contribution in [2.45, 2.75) is 31.9 Å². The van der Waals surface area contributed by atoms with Gasteiger partial charge in [0.25, 0.3) is 5.22 Å². The maximum Gasteiger partial charge on any atom is 0.256 e. The van der Waals surface area contributed by atoms with Crippen LogP contribution in [0.15, 0.2) is 9.64 Å². The Morgan fingerprint density at radius 1 is 1.39 bits per heavy atom. The van der Waals surface area contributed by atoms with E-state index in [2.05, 4.69) is 4.98 Å². The summed E-state index contributed by atoms with van der Waals surface area (Å²) in [6, 6.07) is 0. The average Bonchev–Trinajstić information content (AvgIpc) is 2.67. The lowest BCUT2D eigenvalue weighted by Gasteiger charge is -2.25. The van der Waals surface area contributed by atoms with Crippen LogP contribution in [-0.2, 0) is 9.59 Å². The van der Waals surface area contributed by atoms with Gasteiger partial charge in [-0.2, -0.15) is 0 Å². The van der Waals surface area contributed by atoms with E-state index in [0.717, 1.165) is 11.5 Å². The van der Waals surface area contributed by atoms with Gasteiger partial charge < -0.3 is 9.32 Å². The standard InChI is InChI=1S/C12H16N2O3S/c1-8-9(2)17-12(13-8)18-7-11(16)14-5-3-10(15)4-6-14/h3-7H2,1-2H3. The van der Waals surface area contributed by atoms with Crippen LogP contribution in [0.4, 0.5) is 0 Å². The van der Waals surface area contributed by atoms with Gasteiger partial charge in [0.05, 0.1) is 11.4 Å². The molecule has 0 N–H and O–H groups in total. The first kappa shape index (κ1) is 13.1. The number of nitrogens with zero attached hydrogens (tertiary/aromatic N) is 2. The lowest BCUT2D eigenvalue weighted by molar-refractivity contribution is -0.132. The fraction of sp³-hybridized carbons (Fsp3) is 0.583. The smallest absolute Gasteiger partial charge is 0.256 e. The first-order valence-corrected chi connectivity index (χ1v) is 6.91. The Labute approximate surface area is 110 Å². The van der Waals surface area contributed by atoms with Gasteiger partial charge in [-0.3, -0.25) is 9.59 Å². The van der Waals surface area contributed by atoms with Gasteiger partial charge in [0.15, 0.2) is 0 Å². The summed E-state index contributed by atoms with van der Waals surface area (Å²) >= 11 is 1.30. The third kappa shape index (κ3) is 3.13. The molecule has 0 saturated carbocycles. The van der Waals surface area contributed by atoms with Gasteiger partial charge in [0.1, 0.15) is 11.5 Å². The highest BCUT2D eigenvalue weighted by Crippen LogP contribution is 2.20. The molecule has 0 spiro atoms. The highest BCUT2D eigenvalue weighted by Gasteiger charge is 2.21. The van der Waals surface area contributed by atoms with Crippen molar-refractivity contribution in [2.24, 2.45) is 0 Å². The minimum Gasteiger partial charge on any atom is -0.437 e. The van der Waals surface area contributed by atoms with Gasteiger partial charge in [-0.1, -0.05) is 11.8 Å². The molecular weight excluding hydrogens is 252 g/mol. The van der Waals surface area contributed by atoms with Crippen LogP contribution in [-0.4, -0.2) is 40.4 Å². The molecule has 1 aliphatic rings. The lowest BCUT2D eigenvalue weighted by Crippen LogP contribution is -2.39. The molecule has 0 unspecified atom stereocenters. The van der Waals surface area contributed by atoms with E-state index < -0.39 is 0 Å². The molecule has 0 atom stereocenters. The third-order valence-electron chi connectivity index (χ3n) is 3.00. The molecule has 1 amide bonds. The van der Waals surface area contributed by atoms with Gasteiger partial charge in [-0.15, -0.1) is 0 Å². The van der Waals surface area contributed by atoms with Crippen LogP contribution in [0, 0.1) is 13.8 Å². The second kappa shape index (κ2) is 5.56. The Kier molecular flexibility index (Phi) is 4.06. The number of carbonyl (C=O) groups is 2. The van der Waals surface area contributed by atoms with Crippen LogP contribution in [0.2, 0.25) is 0 Å². The molecule has 5 nitrogen and oxygen atoms in total. The molecule has 6 heteroatoms. The number of hydrogen-bond acceptors (Lipinski definition) is 5. The minimum atomic E-state index is 0.0426. The Morgan fingerprint density at radius 3 is 2.61 bits per heavy atom. The summed E-state index contributed by atoms with van der Waals surface area (Å²) in [5.41, 5.74) is 0.855. The molecule has 1 fully saturated rings. The molecule has 1 saturated heterocycles. The molecule has 2 rings (SSSR count). The van der Waals surface area contributed by atoms with Crippen LogP contribution in [0.3, 0.4) is 0 Å². The van der Waals surface area contributed by atoms with Gasteiger partial charge in [0.2, 0.25) is 5.91 Å². The van der Waals surface area contributed by atoms with E-state index in [-0.39, 0.29) is 11.7 Å². The average molecular weight is 268 g/mol. The van der Waals surface area contributed by atoms with Crippen LogP contribution >= 0.6 is 11.8 Å². The van der Waals surface area contributed by atoms with E-state index in [0.29, 0.717) is 36.9 Å². The Balaban J connectivity index is 1.83. The zero-order chi connectivity index (χ0) is 13.1. The number of hydrogen-bond donors (Lipinski definition) is 0. The normalized spacial score (nSPS) is 16.1. The molecule has 0 aliphatic carbocycles. The van der Waals surface area contributed by atoms with Crippen molar-refractivity contribution in [3.8, 4) is 0 Å². The summed E-state index contributed by atoms with van der Waals surface area (Å²) in [6.45, 7) is 4.81. The minimum absolute atomic E-state index is 0.0426. The first-order valence-electron chi connectivity index (χ1n) is 5.92. The predicted molar refractivity (Wildman–Crippen MR) is 67.5 cm³/mol. The van der Waals surface area contributed by atoms with E-state index in [1.54, 1.807) is 4.90 Å². The molecule has 0 aromatic carbocycles. The Bertz CT molecular complexity index is 440. The second-order valence-corrected chi connectivity index (χ2v) is 5.26. The van der Waals surface area contributed by atoms with E-state index in [1.807, 2.05) is 13.8 Å². The second-order valence-electron chi connectivity index (χ2n) is 4.33. The molecule has 1 aromatic rings. The van der Waals surface area contributed by atoms with Crippen LogP contribution in [0.25, 0.3) is 0 Å². The van der Waals surface area contributed by atoms with E-state index in [1.165, 1.54) is 11.8 Å². The number of carbonyl (C=O) groups excluding carboxylic acids is 2. The van der Waals surface area contributed by atoms with E-state index in [4.69, 9.17) is 4.42 Å². The third-order valence-corrected chi connectivity index (χ3v) is 3.81. The number of oxazole rings is 1. The van der Waals surface area contributed by atoms with Crippen molar-refractivity contribution in [2.75, 3.05) is 18.8 Å². The van der Waals surface area contributed by atoms with E-state index in [9.17, 15) is 9.59 Å². The first-order chi connectivity index (χ1) is 8.56. The molecule has 1 aliphatic heterocycles. The number of aryl methyl sites for hydroxylation is 2. The van der Waals surface area contributed by atoms with Crippen molar-refractivity contribution >= 4 is 23.5 Å². The number of aromatic nitrogens is 1. The quantitative estimate of drug-likeness (QED) is 0.779. The fourth-order valence-electron chi connectivity index (χ4n) is 1.73. The number of rotatable bonds is 3. The summed E-state index contributed by atoms with van der Waals surface area (Å²) in [4.78, 5) is 28.9. The van der Waals surface area contributed by atoms with Gasteiger partial charge in [-0.05, 0) is 13.8 Å². The Hall–Kier alpha value is -1.30. The summed E-state index contributed by atoms with van der Waals surface area (Å²) in [7, 11) is 0. The van der Waals surface area contributed by atoms with Gasteiger partial charge in [-0.25, -0.2) is 4.98 Å². The van der Waals surface area contributed by atoms with Crippen molar-refractivity contribution < 1.29 is 14.0 Å². The topological polar surface area (TPSA) is 63.4 Å². The predicted octanol–water partition coefficient (Wildman–Crippen LogP) is 1.58. The maximum absolute atomic E-state index is 11.9. The Morgan fingerprint density at radius 2 is 2.06 bits per heavy atom.